The largest absolute Gasteiger partial charge is 0.387 e. The number of aliphatic hydroxyl groups is 1. The molecule has 1 aromatic rings. The van der Waals surface area contributed by atoms with Crippen molar-refractivity contribution in [3.8, 4) is 0 Å². The second-order valence-corrected chi connectivity index (χ2v) is 5.42. The highest BCUT2D eigenvalue weighted by molar-refractivity contribution is 5.80. The van der Waals surface area contributed by atoms with Crippen LogP contribution in [0, 0.1) is 0 Å². The van der Waals surface area contributed by atoms with Crippen LogP contribution in [0.25, 0.3) is 0 Å². The quantitative estimate of drug-likeness (QED) is 0.691. The molecule has 0 aromatic carbocycles. The Labute approximate surface area is 119 Å². The molecular formula is C13H23N5O2. The molecule has 1 rings (SSSR count). The minimum absolute atomic E-state index is 0.141. The van der Waals surface area contributed by atoms with E-state index in [1.54, 1.807) is 37.3 Å². The first-order valence-electron chi connectivity index (χ1n) is 6.42. The minimum atomic E-state index is -0.957. The molecule has 7 heteroatoms. The number of nitrogens with one attached hydrogen (secondary N) is 1. The molecule has 2 N–H and O–H groups in total. The lowest BCUT2D eigenvalue weighted by Gasteiger charge is -2.27. The zero-order valence-electron chi connectivity index (χ0n) is 12.5. The van der Waals surface area contributed by atoms with Crippen molar-refractivity contribution < 1.29 is 9.90 Å². The molecule has 0 saturated carbocycles. The zero-order chi connectivity index (χ0) is 15.2. The summed E-state index contributed by atoms with van der Waals surface area (Å²) in [5.41, 5.74) is -0.957. The van der Waals surface area contributed by atoms with Gasteiger partial charge >= 0.3 is 0 Å². The number of amides is 1. The Morgan fingerprint density at radius 1 is 1.35 bits per heavy atom. The first-order chi connectivity index (χ1) is 9.30. The van der Waals surface area contributed by atoms with Crippen LogP contribution in [-0.4, -0.2) is 72.3 Å². The van der Waals surface area contributed by atoms with Crippen LogP contribution in [0.1, 0.15) is 6.92 Å². The molecule has 0 spiro atoms. The van der Waals surface area contributed by atoms with Gasteiger partial charge in [-0.1, -0.05) is 0 Å². The molecule has 1 aromatic heterocycles. The number of anilines is 1. The lowest BCUT2D eigenvalue weighted by Crippen LogP contribution is -2.48. The number of carbonyl (C=O) groups excluding carboxylic acids is 1. The highest BCUT2D eigenvalue weighted by atomic mass is 16.3. The predicted molar refractivity (Wildman–Crippen MR) is 77.5 cm³/mol. The molecule has 112 valence electrons. The van der Waals surface area contributed by atoms with E-state index < -0.39 is 5.60 Å². The van der Waals surface area contributed by atoms with E-state index in [2.05, 4.69) is 15.3 Å². The van der Waals surface area contributed by atoms with Crippen molar-refractivity contribution in [2.45, 2.75) is 12.5 Å². The third-order valence-electron chi connectivity index (χ3n) is 2.60. The second-order valence-electron chi connectivity index (χ2n) is 5.42. The normalized spacial score (nSPS) is 13.9. The molecule has 0 aliphatic heterocycles. The van der Waals surface area contributed by atoms with Crippen LogP contribution in [-0.2, 0) is 4.79 Å². The van der Waals surface area contributed by atoms with Crippen LogP contribution >= 0.6 is 0 Å². The fourth-order valence-corrected chi connectivity index (χ4v) is 1.86. The van der Waals surface area contributed by atoms with E-state index in [0.717, 1.165) is 0 Å². The highest BCUT2D eigenvalue weighted by Gasteiger charge is 2.22. The monoisotopic (exact) mass is 281 g/mol. The number of likely N-dealkylation sites (N-methyl/N-ethyl adjacent to an activating group) is 2. The van der Waals surface area contributed by atoms with Gasteiger partial charge in [-0.2, -0.15) is 0 Å². The van der Waals surface area contributed by atoms with Gasteiger partial charge in [-0.15, -0.1) is 0 Å². The average molecular weight is 281 g/mol. The third kappa shape index (κ3) is 5.94. The van der Waals surface area contributed by atoms with E-state index in [4.69, 9.17) is 0 Å². The van der Waals surface area contributed by atoms with Crippen molar-refractivity contribution >= 4 is 11.9 Å². The summed E-state index contributed by atoms with van der Waals surface area (Å²) in [6.45, 7) is 2.51. The molecule has 7 nitrogen and oxygen atoms in total. The SMILES string of the molecule is CN(C)CC(C)(O)CNC(=O)CN(C)c1ncccn1. The fourth-order valence-electron chi connectivity index (χ4n) is 1.86. The Bertz CT molecular complexity index is 422. The minimum Gasteiger partial charge on any atom is -0.387 e. The number of hydrogen-bond donors (Lipinski definition) is 2. The summed E-state index contributed by atoms with van der Waals surface area (Å²) in [6.07, 6.45) is 3.25. The van der Waals surface area contributed by atoms with Crippen molar-refractivity contribution in [2.24, 2.45) is 0 Å². The van der Waals surface area contributed by atoms with Crippen molar-refractivity contribution in [3.05, 3.63) is 18.5 Å². The Hall–Kier alpha value is -1.73. The number of carbonyl (C=O) groups is 1. The summed E-state index contributed by atoms with van der Waals surface area (Å²) in [7, 11) is 5.49. The van der Waals surface area contributed by atoms with Gasteiger partial charge in [0.15, 0.2) is 0 Å². The van der Waals surface area contributed by atoms with Gasteiger partial charge in [-0.25, -0.2) is 9.97 Å². The maximum atomic E-state index is 11.8. The lowest BCUT2D eigenvalue weighted by molar-refractivity contribution is -0.121. The Balaban J connectivity index is 2.41. The van der Waals surface area contributed by atoms with Gasteiger partial charge in [-0.05, 0) is 27.1 Å². The van der Waals surface area contributed by atoms with Crippen LogP contribution in [0.5, 0.6) is 0 Å². The van der Waals surface area contributed by atoms with Crippen molar-refractivity contribution in [1.82, 2.24) is 20.2 Å². The molecule has 0 bridgehead atoms. The van der Waals surface area contributed by atoms with E-state index in [-0.39, 0.29) is 19.0 Å². The van der Waals surface area contributed by atoms with Crippen molar-refractivity contribution in [3.63, 3.8) is 0 Å². The van der Waals surface area contributed by atoms with E-state index in [9.17, 15) is 9.90 Å². The fraction of sp³-hybridized carbons (Fsp3) is 0.615. The molecule has 1 atom stereocenters. The first-order valence-corrected chi connectivity index (χ1v) is 6.42. The van der Waals surface area contributed by atoms with E-state index in [1.807, 2.05) is 19.0 Å². The zero-order valence-corrected chi connectivity index (χ0v) is 12.5. The third-order valence-corrected chi connectivity index (χ3v) is 2.60. The highest BCUT2D eigenvalue weighted by Crippen LogP contribution is 2.03. The smallest absolute Gasteiger partial charge is 0.239 e. The van der Waals surface area contributed by atoms with Gasteiger partial charge in [0.25, 0.3) is 0 Å². The van der Waals surface area contributed by atoms with Gasteiger partial charge in [-0.3, -0.25) is 4.79 Å². The van der Waals surface area contributed by atoms with E-state index >= 15 is 0 Å². The van der Waals surface area contributed by atoms with Crippen LogP contribution in [0.3, 0.4) is 0 Å². The maximum Gasteiger partial charge on any atom is 0.239 e. The number of rotatable bonds is 7. The van der Waals surface area contributed by atoms with Gasteiger partial charge in [0.05, 0.1) is 12.1 Å². The summed E-state index contributed by atoms with van der Waals surface area (Å²) in [5, 5.41) is 12.8. The summed E-state index contributed by atoms with van der Waals surface area (Å²) >= 11 is 0. The van der Waals surface area contributed by atoms with Crippen LogP contribution in [0.4, 0.5) is 5.95 Å². The molecule has 0 saturated heterocycles. The molecule has 1 unspecified atom stereocenters. The average Bonchev–Trinajstić information content (AvgIpc) is 2.36. The molecule has 1 heterocycles. The number of hydrogen-bond acceptors (Lipinski definition) is 6. The van der Waals surface area contributed by atoms with Gasteiger partial charge in [0.1, 0.15) is 0 Å². The summed E-state index contributed by atoms with van der Waals surface area (Å²) in [4.78, 5) is 23.5. The second kappa shape index (κ2) is 7.16. The molecule has 1 amide bonds. The van der Waals surface area contributed by atoms with Gasteiger partial charge < -0.3 is 20.2 Å². The first kappa shape index (κ1) is 16.3. The topological polar surface area (TPSA) is 81.6 Å². The summed E-state index contributed by atoms with van der Waals surface area (Å²) in [6, 6.07) is 1.72. The summed E-state index contributed by atoms with van der Waals surface area (Å²) < 4.78 is 0. The standard InChI is InChI=1S/C13H23N5O2/c1-13(20,10-17(2)3)9-16-11(19)8-18(4)12-14-6-5-7-15-12/h5-7,20H,8-10H2,1-4H3,(H,16,19). The molecule has 0 radical (unpaired) electrons. The van der Waals surface area contributed by atoms with Crippen LogP contribution in [0.15, 0.2) is 18.5 Å². The number of nitrogens with zero attached hydrogens (tertiary/aromatic N) is 4. The van der Waals surface area contributed by atoms with Crippen LogP contribution < -0.4 is 10.2 Å². The molecule has 0 aliphatic rings. The van der Waals surface area contributed by atoms with Crippen molar-refractivity contribution in [1.29, 1.82) is 0 Å². The molecule has 20 heavy (non-hydrogen) atoms. The molecular weight excluding hydrogens is 258 g/mol. The predicted octanol–water partition coefficient (Wildman–Crippen LogP) is -0.658. The Morgan fingerprint density at radius 2 is 1.95 bits per heavy atom. The van der Waals surface area contributed by atoms with E-state index in [1.165, 1.54) is 0 Å². The van der Waals surface area contributed by atoms with E-state index in [0.29, 0.717) is 12.5 Å². The Kier molecular flexibility index (Phi) is 5.84. The molecule has 0 aliphatic carbocycles. The van der Waals surface area contributed by atoms with Crippen LogP contribution in [0.2, 0.25) is 0 Å². The maximum absolute atomic E-state index is 11.8. The van der Waals surface area contributed by atoms with Gasteiger partial charge in [0, 0.05) is 32.5 Å². The molecule has 0 fully saturated rings. The number of aromatic nitrogens is 2. The lowest BCUT2D eigenvalue weighted by atomic mass is 10.1. The van der Waals surface area contributed by atoms with Crippen molar-refractivity contribution in [2.75, 3.05) is 45.7 Å². The van der Waals surface area contributed by atoms with Gasteiger partial charge in [0.2, 0.25) is 11.9 Å². The Morgan fingerprint density at radius 3 is 2.50 bits per heavy atom. The summed E-state index contributed by atoms with van der Waals surface area (Å²) in [5.74, 6) is 0.307.